The highest BCUT2D eigenvalue weighted by atomic mass is 16.7. The molecule has 0 aromatic carbocycles. The lowest BCUT2D eigenvalue weighted by atomic mass is 9.89. The molecule has 0 aliphatic carbocycles. The Hall–Kier alpha value is -2.01. The zero-order valence-corrected chi connectivity index (χ0v) is 21.9. The molecule has 4 heterocycles. The lowest BCUT2D eigenvalue weighted by Crippen LogP contribution is -2.65. The molecule has 2 saturated heterocycles. The minimum atomic E-state index is -0.684. The van der Waals surface area contributed by atoms with Gasteiger partial charge in [-0.3, -0.25) is 0 Å². The van der Waals surface area contributed by atoms with E-state index in [2.05, 4.69) is 9.98 Å². The Bertz CT molecular complexity index is 826. The zero-order valence-electron chi connectivity index (χ0n) is 21.9. The van der Waals surface area contributed by atoms with Crippen molar-refractivity contribution in [2.45, 2.75) is 89.9 Å². The van der Waals surface area contributed by atoms with E-state index in [1.165, 1.54) is 0 Å². The third kappa shape index (κ3) is 3.94. The van der Waals surface area contributed by atoms with Crippen LogP contribution in [-0.2, 0) is 28.1 Å². The molecule has 0 aromatic heterocycles. The van der Waals surface area contributed by atoms with Gasteiger partial charge in [-0.15, -0.1) is 0 Å². The van der Waals surface area contributed by atoms with Gasteiger partial charge in [0, 0.05) is 24.8 Å². The van der Waals surface area contributed by atoms with Crippen LogP contribution < -0.4 is 0 Å². The largest absolute Gasteiger partial charge is 0.594 e. The number of hydrogen-bond acceptors (Lipinski definition) is 10. The molecule has 4 aliphatic heterocycles. The van der Waals surface area contributed by atoms with Crippen LogP contribution in [0.15, 0.2) is 34.8 Å². The minimum absolute atomic E-state index is 0.462. The predicted molar refractivity (Wildman–Crippen MR) is 131 cm³/mol. The second-order valence-electron chi connectivity index (χ2n) is 10.9. The van der Waals surface area contributed by atoms with Gasteiger partial charge in [0.2, 0.25) is 11.8 Å². The smallest absolute Gasteiger partial charge is 0.483 e. The van der Waals surface area contributed by atoms with Gasteiger partial charge in [-0.2, -0.15) is 0 Å². The molecule has 34 heavy (non-hydrogen) atoms. The second-order valence-corrected chi connectivity index (χ2v) is 10.9. The van der Waals surface area contributed by atoms with Gasteiger partial charge in [-0.1, -0.05) is 0 Å². The average molecular weight is 474 g/mol. The second kappa shape index (κ2) is 8.29. The van der Waals surface area contributed by atoms with Crippen molar-refractivity contribution < 1.29 is 28.1 Å². The molecule has 4 rings (SSSR count). The van der Waals surface area contributed by atoms with Crippen molar-refractivity contribution in [1.82, 2.24) is 9.62 Å². The normalized spacial score (nSPS) is 31.0. The molecule has 0 aromatic rings. The van der Waals surface area contributed by atoms with Crippen LogP contribution in [0.1, 0.15) is 55.4 Å². The van der Waals surface area contributed by atoms with E-state index in [9.17, 15) is 0 Å². The van der Waals surface area contributed by atoms with Crippen molar-refractivity contribution in [3.63, 3.8) is 0 Å². The highest BCUT2D eigenvalue weighted by Crippen LogP contribution is 2.41. The van der Waals surface area contributed by atoms with Gasteiger partial charge >= 0.3 is 14.5 Å². The first-order valence-corrected chi connectivity index (χ1v) is 11.6. The Kier molecular flexibility index (Phi) is 6.12. The number of ether oxygens (including phenoxy) is 2. The number of rotatable bonds is 3. The molecule has 0 unspecified atom stereocenters. The fraction of sp³-hybridized carbons (Fsp3) is 0.727. The van der Waals surface area contributed by atoms with Crippen LogP contribution in [0.4, 0.5) is 0 Å². The summed E-state index contributed by atoms with van der Waals surface area (Å²) in [5, 5.41) is 0. The first-order chi connectivity index (χ1) is 15.7. The number of aliphatic imine (C=N–C) groups is 2. The van der Waals surface area contributed by atoms with E-state index in [1.807, 2.05) is 77.4 Å². The van der Waals surface area contributed by atoms with Crippen LogP contribution in [0, 0.1) is 0 Å². The SMILES string of the molecule is COC1=NC=CN(B2OC(C)(C)C(C)(C)O2)[C@H]1[C@@H]1C(OC)=NC=CN1B1OC(C)(C)C(C)(C)O1. The Labute approximate surface area is 203 Å². The van der Waals surface area contributed by atoms with Crippen molar-refractivity contribution in [2.75, 3.05) is 14.2 Å². The molecule has 0 amide bonds. The molecule has 0 saturated carbocycles. The number of methoxy groups -OCH3 is 2. The standard InChI is InChI=1S/C22H36B2N4O6/c1-19(2)20(3,4)32-23(31-19)27-13-11-25-17(29-9)15(27)16-18(30-10)26-12-14-28(16)24-33-21(5,6)22(7,8)34-24/h11-16H,1-10H3/t15-,16+. The monoisotopic (exact) mass is 474 g/mol. The summed E-state index contributed by atoms with van der Waals surface area (Å²) in [5.74, 6) is 0.924. The van der Waals surface area contributed by atoms with E-state index < -0.39 is 49.0 Å². The lowest BCUT2D eigenvalue weighted by Gasteiger charge is -2.43. The maximum atomic E-state index is 6.38. The number of hydrogen-bond donors (Lipinski definition) is 0. The fourth-order valence-corrected chi connectivity index (χ4v) is 4.17. The summed E-state index contributed by atoms with van der Waals surface area (Å²) in [4.78, 5) is 12.9. The van der Waals surface area contributed by atoms with Crippen molar-refractivity contribution in [2.24, 2.45) is 9.98 Å². The summed E-state index contributed by atoms with van der Waals surface area (Å²) < 4.78 is 37.0. The highest BCUT2D eigenvalue weighted by Gasteiger charge is 2.60. The van der Waals surface area contributed by atoms with Gasteiger partial charge in [0.1, 0.15) is 12.1 Å². The molecule has 2 atom stereocenters. The molecule has 10 nitrogen and oxygen atoms in total. The fourth-order valence-electron chi connectivity index (χ4n) is 4.17. The van der Waals surface area contributed by atoms with Crippen molar-refractivity contribution in [3.8, 4) is 0 Å². The predicted octanol–water partition coefficient (Wildman–Crippen LogP) is 2.56. The summed E-state index contributed by atoms with van der Waals surface area (Å²) in [5.41, 5.74) is -2.08. The Balaban J connectivity index is 1.73. The number of nitrogens with zero attached hydrogens (tertiary/aromatic N) is 4. The van der Waals surface area contributed by atoms with Crippen LogP contribution >= 0.6 is 0 Å². The molecule has 0 bridgehead atoms. The van der Waals surface area contributed by atoms with Crippen LogP contribution in [0.25, 0.3) is 0 Å². The third-order valence-electron chi connectivity index (χ3n) is 7.72. The van der Waals surface area contributed by atoms with Gasteiger partial charge in [0.15, 0.2) is 0 Å². The molecule has 0 radical (unpaired) electrons. The molecule has 4 aliphatic rings. The van der Waals surface area contributed by atoms with E-state index in [1.54, 1.807) is 26.6 Å². The van der Waals surface area contributed by atoms with Crippen molar-refractivity contribution in [3.05, 3.63) is 24.8 Å². The average Bonchev–Trinajstić information content (AvgIpc) is 3.11. The van der Waals surface area contributed by atoms with E-state index in [4.69, 9.17) is 28.1 Å². The lowest BCUT2D eigenvalue weighted by molar-refractivity contribution is 0.00578. The van der Waals surface area contributed by atoms with Crippen LogP contribution in [0.2, 0.25) is 0 Å². The summed E-state index contributed by atoms with van der Waals surface area (Å²) in [6.07, 6.45) is 7.01. The summed E-state index contributed by atoms with van der Waals surface area (Å²) in [6.45, 7) is 16.1. The Morgan fingerprint density at radius 2 is 0.941 bits per heavy atom. The molecular formula is C22H36B2N4O6. The van der Waals surface area contributed by atoms with E-state index in [-0.39, 0.29) is 0 Å². The van der Waals surface area contributed by atoms with E-state index in [0.717, 1.165) is 0 Å². The highest BCUT2D eigenvalue weighted by molar-refractivity contribution is 6.44. The van der Waals surface area contributed by atoms with Crippen LogP contribution in [-0.4, -0.2) is 84.6 Å². The molecule has 0 spiro atoms. The van der Waals surface area contributed by atoms with Gasteiger partial charge in [-0.25, -0.2) is 9.98 Å². The quantitative estimate of drug-likeness (QED) is 0.578. The topological polar surface area (TPSA) is 86.6 Å². The minimum Gasteiger partial charge on any atom is -0.483 e. The van der Waals surface area contributed by atoms with Crippen molar-refractivity contribution in [1.29, 1.82) is 0 Å². The summed E-state index contributed by atoms with van der Waals surface area (Å²) >= 11 is 0. The van der Waals surface area contributed by atoms with E-state index >= 15 is 0 Å². The maximum Gasteiger partial charge on any atom is 0.594 e. The van der Waals surface area contributed by atoms with Crippen molar-refractivity contribution >= 4 is 26.3 Å². The maximum absolute atomic E-state index is 6.38. The first-order valence-electron chi connectivity index (χ1n) is 11.6. The molecule has 0 N–H and O–H groups in total. The van der Waals surface area contributed by atoms with Gasteiger partial charge in [-0.05, 0) is 55.4 Å². The first kappa shape index (κ1) is 25.1. The Morgan fingerprint density at radius 3 is 1.21 bits per heavy atom. The molecular weight excluding hydrogens is 438 g/mol. The van der Waals surface area contributed by atoms with Crippen LogP contribution in [0.3, 0.4) is 0 Å². The summed E-state index contributed by atoms with van der Waals surface area (Å²) in [7, 11) is 1.82. The molecule has 12 heteroatoms. The third-order valence-corrected chi connectivity index (χ3v) is 7.72. The van der Waals surface area contributed by atoms with E-state index in [0.29, 0.717) is 11.8 Å². The Morgan fingerprint density at radius 1 is 0.647 bits per heavy atom. The van der Waals surface area contributed by atoms with Gasteiger partial charge in [0.05, 0.1) is 36.6 Å². The molecule has 186 valence electrons. The van der Waals surface area contributed by atoms with Gasteiger partial charge in [0.25, 0.3) is 0 Å². The van der Waals surface area contributed by atoms with Crippen LogP contribution in [0.5, 0.6) is 0 Å². The van der Waals surface area contributed by atoms with Gasteiger partial charge < -0.3 is 37.7 Å². The summed E-state index contributed by atoms with van der Waals surface area (Å²) in [6, 6.07) is -1.01. The zero-order chi connectivity index (χ0) is 25.1. The molecule has 2 fully saturated rings.